The summed E-state index contributed by atoms with van der Waals surface area (Å²) in [6, 6.07) is 0. The van der Waals surface area contributed by atoms with Crippen LogP contribution < -0.4 is 5.32 Å². The van der Waals surface area contributed by atoms with Crippen molar-refractivity contribution in [2.45, 2.75) is 19.1 Å². The minimum atomic E-state index is -0.329. The first-order valence-electron chi connectivity index (χ1n) is 5.29. The van der Waals surface area contributed by atoms with Gasteiger partial charge in [0.15, 0.2) is 5.79 Å². The Morgan fingerprint density at radius 2 is 1.86 bits per heavy atom. The van der Waals surface area contributed by atoms with Gasteiger partial charge in [0, 0.05) is 27.3 Å². The Morgan fingerprint density at radius 3 is 2.36 bits per heavy atom. The van der Waals surface area contributed by atoms with Crippen LogP contribution in [0.1, 0.15) is 13.3 Å². The highest BCUT2D eigenvalue weighted by molar-refractivity contribution is 4.89. The molecule has 84 valence electrons. The van der Waals surface area contributed by atoms with Crippen molar-refractivity contribution in [3.05, 3.63) is 0 Å². The SMILES string of the molecule is CCCNCCN1CC(OC)(OC)C1. The van der Waals surface area contributed by atoms with Crippen LogP contribution in [0.4, 0.5) is 0 Å². The first-order chi connectivity index (χ1) is 6.76. The molecule has 1 heterocycles. The zero-order valence-electron chi connectivity index (χ0n) is 9.51. The maximum Gasteiger partial charge on any atom is 0.193 e. The number of methoxy groups -OCH3 is 2. The lowest BCUT2D eigenvalue weighted by molar-refractivity contribution is -0.274. The van der Waals surface area contributed by atoms with E-state index in [0.717, 1.165) is 32.7 Å². The molecular formula is C10H22N2O2. The van der Waals surface area contributed by atoms with Crippen LogP contribution in [0, 0.1) is 0 Å². The first kappa shape index (κ1) is 11.9. The van der Waals surface area contributed by atoms with Crippen LogP contribution in [0.2, 0.25) is 0 Å². The van der Waals surface area contributed by atoms with Gasteiger partial charge in [-0.2, -0.15) is 0 Å². The van der Waals surface area contributed by atoms with Gasteiger partial charge in [0.25, 0.3) is 0 Å². The predicted molar refractivity (Wildman–Crippen MR) is 56.3 cm³/mol. The molecule has 0 radical (unpaired) electrons. The smallest absolute Gasteiger partial charge is 0.193 e. The molecule has 0 atom stereocenters. The van der Waals surface area contributed by atoms with E-state index in [4.69, 9.17) is 9.47 Å². The molecule has 0 aromatic heterocycles. The number of nitrogens with zero attached hydrogens (tertiary/aromatic N) is 1. The molecular weight excluding hydrogens is 180 g/mol. The van der Waals surface area contributed by atoms with E-state index in [1.165, 1.54) is 6.42 Å². The third-order valence-electron chi connectivity index (χ3n) is 2.70. The second-order valence-electron chi connectivity index (χ2n) is 3.78. The van der Waals surface area contributed by atoms with Gasteiger partial charge in [-0.25, -0.2) is 0 Å². The van der Waals surface area contributed by atoms with Gasteiger partial charge in [0.05, 0.1) is 13.1 Å². The molecule has 4 heteroatoms. The second-order valence-corrected chi connectivity index (χ2v) is 3.78. The van der Waals surface area contributed by atoms with Crippen molar-refractivity contribution in [3.8, 4) is 0 Å². The van der Waals surface area contributed by atoms with Crippen molar-refractivity contribution < 1.29 is 9.47 Å². The molecule has 1 rings (SSSR count). The Morgan fingerprint density at radius 1 is 1.21 bits per heavy atom. The number of ether oxygens (including phenoxy) is 2. The van der Waals surface area contributed by atoms with Crippen LogP contribution >= 0.6 is 0 Å². The Balaban J connectivity index is 2.03. The molecule has 1 N–H and O–H groups in total. The van der Waals surface area contributed by atoms with Crippen LogP contribution in [0.5, 0.6) is 0 Å². The summed E-state index contributed by atoms with van der Waals surface area (Å²) in [6.07, 6.45) is 1.19. The monoisotopic (exact) mass is 202 g/mol. The van der Waals surface area contributed by atoms with Gasteiger partial charge in [-0.1, -0.05) is 6.92 Å². The maximum atomic E-state index is 5.30. The third kappa shape index (κ3) is 2.92. The van der Waals surface area contributed by atoms with Crippen molar-refractivity contribution in [1.29, 1.82) is 0 Å². The van der Waals surface area contributed by atoms with E-state index >= 15 is 0 Å². The summed E-state index contributed by atoms with van der Waals surface area (Å²) >= 11 is 0. The summed E-state index contributed by atoms with van der Waals surface area (Å²) in [6.45, 7) is 7.18. The molecule has 1 aliphatic heterocycles. The minimum Gasteiger partial charge on any atom is -0.351 e. The highest BCUT2D eigenvalue weighted by Crippen LogP contribution is 2.24. The highest BCUT2D eigenvalue weighted by Gasteiger charge is 2.43. The summed E-state index contributed by atoms with van der Waals surface area (Å²) in [5.41, 5.74) is 0. The van der Waals surface area contributed by atoms with E-state index in [0.29, 0.717) is 0 Å². The van der Waals surface area contributed by atoms with Gasteiger partial charge in [-0.05, 0) is 13.0 Å². The molecule has 0 bridgehead atoms. The minimum absolute atomic E-state index is 0.329. The zero-order valence-corrected chi connectivity index (χ0v) is 9.51. The summed E-state index contributed by atoms with van der Waals surface area (Å²) < 4.78 is 10.6. The fraction of sp³-hybridized carbons (Fsp3) is 1.00. The zero-order chi connectivity index (χ0) is 10.4. The van der Waals surface area contributed by atoms with Crippen molar-refractivity contribution in [2.75, 3.05) is 46.9 Å². The van der Waals surface area contributed by atoms with Gasteiger partial charge >= 0.3 is 0 Å². The first-order valence-corrected chi connectivity index (χ1v) is 5.29. The highest BCUT2D eigenvalue weighted by atomic mass is 16.7. The number of nitrogens with one attached hydrogen (secondary N) is 1. The van der Waals surface area contributed by atoms with E-state index in [2.05, 4.69) is 17.1 Å². The van der Waals surface area contributed by atoms with Crippen LogP contribution in [-0.4, -0.2) is 57.6 Å². The van der Waals surface area contributed by atoms with Gasteiger partial charge in [-0.3, -0.25) is 4.90 Å². The molecule has 0 spiro atoms. The van der Waals surface area contributed by atoms with Crippen LogP contribution in [0.25, 0.3) is 0 Å². The van der Waals surface area contributed by atoms with E-state index < -0.39 is 0 Å². The quantitative estimate of drug-likeness (QED) is 0.475. The van der Waals surface area contributed by atoms with E-state index in [1.807, 2.05) is 0 Å². The van der Waals surface area contributed by atoms with Crippen molar-refractivity contribution >= 4 is 0 Å². The normalized spacial score (nSPS) is 20.8. The Kier molecular flexibility index (Phi) is 4.81. The van der Waals surface area contributed by atoms with Crippen LogP contribution in [0.3, 0.4) is 0 Å². The van der Waals surface area contributed by atoms with Gasteiger partial charge in [0.2, 0.25) is 0 Å². The molecule has 1 aliphatic rings. The Labute approximate surface area is 86.6 Å². The number of hydrogen-bond donors (Lipinski definition) is 1. The molecule has 1 fully saturated rings. The molecule has 0 saturated carbocycles. The topological polar surface area (TPSA) is 33.7 Å². The van der Waals surface area contributed by atoms with Gasteiger partial charge in [-0.15, -0.1) is 0 Å². The lowest BCUT2D eigenvalue weighted by Crippen LogP contribution is -2.64. The fourth-order valence-electron chi connectivity index (χ4n) is 1.67. The molecule has 0 amide bonds. The van der Waals surface area contributed by atoms with Crippen molar-refractivity contribution in [2.24, 2.45) is 0 Å². The van der Waals surface area contributed by atoms with Crippen molar-refractivity contribution in [3.63, 3.8) is 0 Å². The third-order valence-corrected chi connectivity index (χ3v) is 2.70. The summed E-state index contributed by atoms with van der Waals surface area (Å²) in [5.74, 6) is -0.329. The molecule has 0 aromatic rings. The summed E-state index contributed by atoms with van der Waals surface area (Å²) in [7, 11) is 3.41. The van der Waals surface area contributed by atoms with Gasteiger partial charge in [0.1, 0.15) is 0 Å². The molecule has 0 aliphatic carbocycles. The number of rotatable bonds is 7. The second kappa shape index (κ2) is 5.66. The fourth-order valence-corrected chi connectivity index (χ4v) is 1.67. The van der Waals surface area contributed by atoms with E-state index in [-0.39, 0.29) is 5.79 Å². The van der Waals surface area contributed by atoms with E-state index in [1.54, 1.807) is 14.2 Å². The summed E-state index contributed by atoms with van der Waals surface area (Å²) in [5, 5.41) is 3.37. The molecule has 4 nitrogen and oxygen atoms in total. The van der Waals surface area contributed by atoms with Crippen molar-refractivity contribution in [1.82, 2.24) is 10.2 Å². The average molecular weight is 202 g/mol. The number of likely N-dealkylation sites (tertiary alicyclic amines) is 1. The van der Waals surface area contributed by atoms with E-state index in [9.17, 15) is 0 Å². The molecule has 14 heavy (non-hydrogen) atoms. The average Bonchev–Trinajstić information content (AvgIpc) is 2.16. The molecule has 0 unspecified atom stereocenters. The van der Waals surface area contributed by atoms with Gasteiger partial charge < -0.3 is 14.8 Å². The maximum absolute atomic E-state index is 5.30. The Hall–Kier alpha value is -0.160. The summed E-state index contributed by atoms with van der Waals surface area (Å²) in [4.78, 5) is 2.33. The lowest BCUT2D eigenvalue weighted by Gasteiger charge is -2.47. The predicted octanol–water partition coefficient (Wildman–Crippen LogP) is 0.291. The van der Waals surface area contributed by atoms with Crippen LogP contribution in [0.15, 0.2) is 0 Å². The lowest BCUT2D eigenvalue weighted by atomic mass is 10.1. The molecule has 0 aromatic carbocycles. The standard InChI is InChI=1S/C10H22N2O2/c1-4-5-11-6-7-12-8-10(9-12,13-2)14-3/h11H,4-9H2,1-3H3. The Bertz CT molecular complexity index is 152. The largest absolute Gasteiger partial charge is 0.351 e. The molecule has 1 saturated heterocycles. The van der Waals surface area contributed by atoms with Crippen LogP contribution in [-0.2, 0) is 9.47 Å². The number of hydrogen-bond acceptors (Lipinski definition) is 4.